The molecule has 164 valence electrons. The van der Waals surface area contributed by atoms with Gasteiger partial charge in [0.25, 0.3) is 5.91 Å². The van der Waals surface area contributed by atoms with Gasteiger partial charge < -0.3 is 9.26 Å². The van der Waals surface area contributed by atoms with E-state index in [0.717, 1.165) is 35.4 Å². The lowest BCUT2D eigenvalue weighted by molar-refractivity contribution is 0.0391. The predicted molar refractivity (Wildman–Crippen MR) is 126 cm³/mol. The van der Waals surface area contributed by atoms with Crippen molar-refractivity contribution in [1.29, 1.82) is 0 Å². The van der Waals surface area contributed by atoms with E-state index in [1.165, 1.54) is 11.3 Å². The Morgan fingerprint density at radius 2 is 1.94 bits per heavy atom. The number of carbonyl (C=O) groups is 1. The highest BCUT2D eigenvalue weighted by Crippen LogP contribution is 2.32. The fourth-order valence-electron chi connectivity index (χ4n) is 3.60. The van der Waals surface area contributed by atoms with Crippen LogP contribution in [0.4, 0.5) is 5.13 Å². The summed E-state index contributed by atoms with van der Waals surface area (Å²) in [5.74, 6) is 0.313. The summed E-state index contributed by atoms with van der Waals surface area (Å²) in [4.78, 5) is 22.2. The molecule has 0 N–H and O–H groups in total. The van der Waals surface area contributed by atoms with Crippen molar-refractivity contribution in [2.45, 2.75) is 0 Å². The largest absolute Gasteiger partial charge is 0.379 e. The molecule has 1 aliphatic heterocycles. The first kappa shape index (κ1) is 21.1. The molecule has 7 nitrogen and oxygen atoms in total. The van der Waals surface area contributed by atoms with Crippen LogP contribution in [0.1, 0.15) is 10.5 Å². The maximum atomic E-state index is 13.5. The number of thiazole rings is 1. The van der Waals surface area contributed by atoms with Crippen LogP contribution in [-0.4, -0.2) is 60.3 Å². The summed E-state index contributed by atoms with van der Waals surface area (Å²) >= 11 is 7.59. The molecule has 0 spiro atoms. The summed E-state index contributed by atoms with van der Waals surface area (Å²) in [5.41, 5.74) is 1.93. The van der Waals surface area contributed by atoms with Crippen molar-refractivity contribution in [2.75, 3.05) is 44.3 Å². The summed E-state index contributed by atoms with van der Waals surface area (Å²) in [7, 11) is 0. The van der Waals surface area contributed by atoms with Crippen LogP contribution in [0.3, 0.4) is 0 Å². The zero-order valence-electron chi connectivity index (χ0n) is 17.2. The molecule has 1 amide bonds. The monoisotopic (exact) mass is 468 g/mol. The van der Waals surface area contributed by atoms with E-state index in [1.54, 1.807) is 17.0 Å². The van der Waals surface area contributed by atoms with Crippen molar-refractivity contribution in [3.05, 3.63) is 65.3 Å². The Balaban J connectivity index is 1.44. The third-order valence-corrected chi connectivity index (χ3v) is 6.62. The standard InChI is InChI=1S/C23H21ClN4O3S/c24-17-6-7-18-21(14-17)32-23(25-18)28(9-8-27-10-12-30-13-11-27)22(29)19-15-20(31-26-19)16-4-2-1-3-5-16/h1-7,14-15H,8-13H2. The van der Waals surface area contributed by atoms with E-state index in [9.17, 15) is 4.79 Å². The summed E-state index contributed by atoms with van der Waals surface area (Å²) in [6, 6.07) is 16.8. The topological polar surface area (TPSA) is 71.7 Å². The molecule has 0 saturated carbocycles. The molecule has 1 aliphatic rings. The molecule has 0 bridgehead atoms. The molecule has 5 rings (SSSR count). The number of morpholine rings is 1. The SMILES string of the molecule is O=C(c1cc(-c2ccccc2)on1)N(CCN1CCOCC1)c1nc2ccc(Cl)cc2s1. The average molecular weight is 469 g/mol. The predicted octanol–water partition coefficient (Wildman–Crippen LogP) is 4.58. The Bertz CT molecular complexity index is 1220. The zero-order valence-corrected chi connectivity index (χ0v) is 18.8. The summed E-state index contributed by atoms with van der Waals surface area (Å²) in [6.45, 7) is 4.31. The van der Waals surface area contributed by atoms with Crippen molar-refractivity contribution >= 4 is 44.2 Å². The minimum Gasteiger partial charge on any atom is -0.379 e. The van der Waals surface area contributed by atoms with Gasteiger partial charge in [0, 0.05) is 42.8 Å². The van der Waals surface area contributed by atoms with Crippen LogP contribution in [0, 0.1) is 0 Å². The van der Waals surface area contributed by atoms with Gasteiger partial charge in [-0.15, -0.1) is 0 Å². The molecule has 4 aromatic rings. The third kappa shape index (κ3) is 4.54. The highest BCUT2D eigenvalue weighted by Gasteiger charge is 2.25. The Labute approximate surface area is 194 Å². The molecule has 1 saturated heterocycles. The van der Waals surface area contributed by atoms with E-state index in [4.69, 9.17) is 25.8 Å². The van der Waals surface area contributed by atoms with Crippen molar-refractivity contribution in [1.82, 2.24) is 15.0 Å². The lowest BCUT2D eigenvalue weighted by atomic mass is 10.1. The molecule has 0 unspecified atom stereocenters. The van der Waals surface area contributed by atoms with E-state index >= 15 is 0 Å². The molecule has 0 radical (unpaired) electrons. The first-order chi connectivity index (χ1) is 15.7. The van der Waals surface area contributed by atoms with E-state index in [0.29, 0.717) is 35.7 Å². The number of aromatic nitrogens is 2. The number of ether oxygens (including phenoxy) is 1. The highest BCUT2D eigenvalue weighted by atomic mass is 35.5. The fraction of sp³-hybridized carbons (Fsp3) is 0.261. The van der Waals surface area contributed by atoms with Crippen molar-refractivity contribution in [3.63, 3.8) is 0 Å². The number of fused-ring (bicyclic) bond motifs is 1. The second-order valence-corrected chi connectivity index (χ2v) is 8.91. The van der Waals surface area contributed by atoms with Crippen molar-refractivity contribution in [2.24, 2.45) is 0 Å². The summed E-state index contributed by atoms with van der Waals surface area (Å²) < 4.78 is 11.8. The first-order valence-corrected chi connectivity index (χ1v) is 11.6. The van der Waals surface area contributed by atoms with Crippen molar-refractivity contribution < 1.29 is 14.1 Å². The maximum Gasteiger partial charge on any atom is 0.282 e. The minimum absolute atomic E-state index is 0.241. The third-order valence-electron chi connectivity index (χ3n) is 5.35. The van der Waals surface area contributed by atoms with Gasteiger partial charge in [-0.1, -0.05) is 58.4 Å². The lowest BCUT2D eigenvalue weighted by Gasteiger charge is -2.28. The van der Waals surface area contributed by atoms with E-state index in [-0.39, 0.29) is 11.6 Å². The number of carbonyl (C=O) groups excluding carboxylic acids is 1. The molecule has 32 heavy (non-hydrogen) atoms. The number of halogens is 1. The number of rotatable bonds is 6. The van der Waals surface area contributed by atoms with Crippen LogP contribution in [0.15, 0.2) is 59.1 Å². The molecule has 2 aromatic carbocycles. The smallest absolute Gasteiger partial charge is 0.282 e. The van der Waals surface area contributed by atoms with Gasteiger partial charge in [0.1, 0.15) is 0 Å². The molecule has 9 heteroatoms. The highest BCUT2D eigenvalue weighted by molar-refractivity contribution is 7.22. The van der Waals surface area contributed by atoms with Crippen molar-refractivity contribution in [3.8, 4) is 11.3 Å². The Kier molecular flexibility index (Phi) is 6.18. The van der Waals surface area contributed by atoms with Gasteiger partial charge in [-0.05, 0) is 18.2 Å². The maximum absolute atomic E-state index is 13.5. The second-order valence-electron chi connectivity index (χ2n) is 7.46. The quantitative estimate of drug-likeness (QED) is 0.412. The van der Waals surface area contributed by atoms with E-state index in [2.05, 4.69) is 10.1 Å². The van der Waals surface area contributed by atoms with E-state index in [1.807, 2.05) is 42.5 Å². The van der Waals surface area contributed by atoms with Crippen LogP contribution < -0.4 is 4.90 Å². The normalized spacial score (nSPS) is 14.7. The van der Waals surface area contributed by atoms with Crippen LogP contribution in [0.2, 0.25) is 5.02 Å². The van der Waals surface area contributed by atoms with Gasteiger partial charge in [-0.3, -0.25) is 14.6 Å². The molecule has 0 aliphatic carbocycles. The van der Waals surface area contributed by atoms with Gasteiger partial charge in [0.05, 0.1) is 23.4 Å². The van der Waals surface area contributed by atoms with Crippen LogP contribution in [-0.2, 0) is 4.74 Å². The Hall–Kier alpha value is -2.78. The number of hydrogen-bond acceptors (Lipinski definition) is 7. The number of hydrogen-bond donors (Lipinski definition) is 0. The number of anilines is 1. The van der Waals surface area contributed by atoms with Gasteiger partial charge in [0.2, 0.25) is 0 Å². The summed E-state index contributed by atoms with van der Waals surface area (Å²) in [5, 5.41) is 5.31. The molecular weight excluding hydrogens is 448 g/mol. The van der Waals surface area contributed by atoms with Gasteiger partial charge in [0.15, 0.2) is 16.6 Å². The Morgan fingerprint density at radius 3 is 2.75 bits per heavy atom. The second kappa shape index (κ2) is 9.38. The minimum atomic E-state index is -0.241. The molecular formula is C23H21ClN4O3S. The van der Waals surface area contributed by atoms with Crippen LogP contribution in [0.25, 0.3) is 21.5 Å². The van der Waals surface area contributed by atoms with Gasteiger partial charge in [-0.25, -0.2) is 4.98 Å². The van der Waals surface area contributed by atoms with E-state index < -0.39 is 0 Å². The van der Waals surface area contributed by atoms with Gasteiger partial charge in [-0.2, -0.15) is 0 Å². The van der Waals surface area contributed by atoms with Gasteiger partial charge >= 0.3 is 0 Å². The fourth-order valence-corrected chi connectivity index (χ4v) is 4.87. The number of nitrogens with zero attached hydrogens (tertiary/aromatic N) is 4. The van der Waals surface area contributed by atoms with Crippen LogP contribution >= 0.6 is 22.9 Å². The summed E-state index contributed by atoms with van der Waals surface area (Å²) in [6.07, 6.45) is 0. The average Bonchev–Trinajstić information content (AvgIpc) is 3.48. The first-order valence-electron chi connectivity index (χ1n) is 10.4. The molecule has 0 atom stereocenters. The molecule has 1 fully saturated rings. The van der Waals surface area contributed by atoms with Crippen LogP contribution in [0.5, 0.6) is 0 Å². The molecule has 2 aromatic heterocycles. The molecule has 3 heterocycles. The number of benzene rings is 2. The lowest BCUT2D eigenvalue weighted by Crippen LogP contribution is -2.43. The number of amides is 1. The Morgan fingerprint density at radius 1 is 1.12 bits per heavy atom. The zero-order chi connectivity index (χ0) is 21.9.